The van der Waals surface area contributed by atoms with Crippen LogP contribution >= 0.6 is 24.0 Å². The Labute approximate surface area is 186 Å². The van der Waals surface area contributed by atoms with E-state index in [0.717, 1.165) is 11.4 Å². The fourth-order valence-electron chi connectivity index (χ4n) is 2.42. The summed E-state index contributed by atoms with van der Waals surface area (Å²) in [5, 5.41) is 2.94. The van der Waals surface area contributed by atoms with E-state index in [-0.39, 0.29) is 54.1 Å². The molecule has 3 N–H and O–H groups in total. The molecule has 9 heteroatoms. The summed E-state index contributed by atoms with van der Waals surface area (Å²) >= 11 is 0. The Bertz CT molecular complexity index is 787. The number of para-hydroxylation sites is 1. The van der Waals surface area contributed by atoms with E-state index in [9.17, 15) is 8.78 Å². The van der Waals surface area contributed by atoms with Gasteiger partial charge in [0.05, 0.1) is 19.3 Å². The fraction of sp³-hybridized carbons (Fsp3) is 0.350. The van der Waals surface area contributed by atoms with E-state index < -0.39 is 6.61 Å². The van der Waals surface area contributed by atoms with Gasteiger partial charge in [0.25, 0.3) is 0 Å². The molecule has 2 rings (SSSR count). The minimum Gasteiger partial charge on any atom is -0.491 e. The average molecular weight is 521 g/mol. The summed E-state index contributed by atoms with van der Waals surface area (Å²) < 4.78 is 41.1. The Kier molecular flexibility index (Phi) is 10.5. The van der Waals surface area contributed by atoms with E-state index in [4.69, 9.17) is 15.2 Å². The number of nitrogens with two attached hydrogens (primary N) is 1. The highest BCUT2D eigenvalue weighted by Gasteiger charge is 2.15. The maximum absolute atomic E-state index is 12.8. The Hall–Kier alpha value is -2.30. The van der Waals surface area contributed by atoms with E-state index in [1.54, 1.807) is 37.3 Å². The number of hydrogen-bond donors (Lipinski definition) is 2. The topological polar surface area (TPSA) is 78.1 Å². The lowest BCUT2D eigenvalue weighted by atomic mass is 10.2. The molecule has 2 aromatic carbocycles. The molecule has 0 heterocycles. The van der Waals surface area contributed by atoms with Crippen molar-refractivity contribution in [1.29, 1.82) is 0 Å². The molecule has 6 nitrogen and oxygen atoms in total. The Morgan fingerprint density at radius 1 is 1.10 bits per heavy atom. The molecule has 0 radical (unpaired) electrons. The quantitative estimate of drug-likeness (QED) is 0.276. The molecule has 0 aliphatic heterocycles. The van der Waals surface area contributed by atoms with Gasteiger partial charge < -0.3 is 25.3 Å². The predicted molar refractivity (Wildman–Crippen MR) is 121 cm³/mol. The highest BCUT2D eigenvalue weighted by atomic mass is 127. The number of benzene rings is 2. The molecule has 29 heavy (non-hydrogen) atoms. The molecule has 160 valence electrons. The summed E-state index contributed by atoms with van der Waals surface area (Å²) in [4.78, 5) is 4.20. The summed E-state index contributed by atoms with van der Waals surface area (Å²) in [6.45, 7) is 3.07. The Balaban J connectivity index is 0.00000420. The van der Waals surface area contributed by atoms with Crippen LogP contribution in [-0.4, -0.2) is 25.3 Å². The highest BCUT2D eigenvalue weighted by Crippen LogP contribution is 2.33. The number of halogens is 3. The third-order valence-corrected chi connectivity index (χ3v) is 3.49. The van der Waals surface area contributed by atoms with E-state index in [0.29, 0.717) is 12.2 Å². The lowest BCUT2D eigenvalue weighted by Gasteiger charge is -2.14. The third kappa shape index (κ3) is 8.30. The standard InChI is InChI=1S/C20H25F2N3O3.HI/c1-4-26-17-7-5-6-14(18(17)28-19(21)22)12-24-20(23)25-15-8-10-16(11-9-15)27-13(2)3;/h5-11,13,19H,4,12H2,1-3H3,(H3,23,24,25);1H. The van der Waals surface area contributed by atoms with Crippen molar-refractivity contribution in [3.8, 4) is 17.2 Å². The molecule has 0 amide bonds. The normalized spacial score (nSPS) is 11.2. The SMILES string of the molecule is CCOc1cccc(CN=C(N)Nc2ccc(OC(C)C)cc2)c1OC(F)F.I. The van der Waals surface area contributed by atoms with Crippen LogP contribution in [0.4, 0.5) is 14.5 Å². The number of alkyl halides is 2. The minimum absolute atomic E-state index is 0. The highest BCUT2D eigenvalue weighted by molar-refractivity contribution is 14.0. The first kappa shape index (κ1) is 24.7. The van der Waals surface area contributed by atoms with Crippen LogP contribution in [0.25, 0.3) is 0 Å². The van der Waals surface area contributed by atoms with Gasteiger partial charge in [0, 0.05) is 11.3 Å². The largest absolute Gasteiger partial charge is 0.491 e. The second kappa shape index (κ2) is 12.3. The molecule has 0 aromatic heterocycles. The number of aliphatic imine (C=N–C) groups is 1. The minimum atomic E-state index is -2.97. The van der Waals surface area contributed by atoms with Crippen LogP contribution < -0.4 is 25.3 Å². The molecule has 0 aliphatic carbocycles. The maximum Gasteiger partial charge on any atom is 0.387 e. The van der Waals surface area contributed by atoms with Crippen molar-refractivity contribution in [3.05, 3.63) is 48.0 Å². The van der Waals surface area contributed by atoms with Gasteiger partial charge in [-0.25, -0.2) is 4.99 Å². The first-order valence-electron chi connectivity index (χ1n) is 8.92. The van der Waals surface area contributed by atoms with Crippen molar-refractivity contribution < 1.29 is 23.0 Å². The first-order chi connectivity index (χ1) is 13.4. The number of anilines is 1. The monoisotopic (exact) mass is 521 g/mol. The third-order valence-electron chi connectivity index (χ3n) is 3.49. The number of guanidine groups is 1. The summed E-state index contributed by atoms with van der Waals surface area (Å²) in [5.74, 6) is 1.09. The summed E-state index contributed by atoms with van der Waals surface area (Å²) in [5.41, 5.74) is 7.08. The smallest absolute Gasteiger partial charge is 0.387 e. The molecular formula is C20H26F2IN3O3. The van der Waals surface area contributed by atoms with Gasteiger partial charge in [0.2, 0.25) is 0 Å². The van der Waals surface area contributed by atoms with Gasteiger partial charge in [-0.1, -0.05) is 12.1 Å². The van der Waals surface area contributed by atoms with Crippen LogP contribution in [0.3, 0.4) is 0 Å². The van der Waals surface area contributed by atoms with Gasteiger partial charge in [0.1, 0.15) is 5.75 Å². The van der Waals surface area contributed by atoms with Crippen molar-refractivity contribution in [3.63, 3.8) is 0 Å². The first-order valence-corrected chi connectivity index (χ1v) is 8.92. The molecule has 0 saturated heterocycles. The van der Waals surface area contributed by atoms with E-state index in [1.807, 2.05) is 26.0 Å². The van der Waals surface area contributed by atoms with Crippen LogP contribution in [0.1, 0.15) is 26.3 Å². The number of nitrogens with zero attached hydrogens (tertiary/aromatic N) is 1. The fourth-order valence-corrected chi connectivity index (χ4v) is 2.42. The molecule has 0 atom stereocenters. The van der Waals surface area contributed by atoms with E-state index >= 15 is 0 Å². The molecule has 0 saturated carbocycles. The van der Waals surface area contributed by atoms with Gasteiger partial charge in [0.15, 0.2) is 17.5 Å². The maximum atomic E-state index is 12.8. The molecule has 0 bridgehead atoms. The van der Waals surface area contributed by atoms with E-state index in [2.05, 4.69) is 15.0 Å². The number of nitrogens with one attached hydrogen (secondary N) is 1. The molecule has 0 spiro atoms. The Morgan fingerprint density at radius 3 is 2.38 bits per heavy atom. The van der Waals surface area contributed by atoms with Gasteiger partial charge >= 0.3 is 6.61 Å². The number of rotatable bonds is 9. The van der Waals surface area contributed by atoms with Gasteiger partial charge in [-0.2, -0.15) is 8.78 Å². The van der Waals surface area contributed by atoms with E-state index in [1.165, 1.54) is 0 Å². The van der Waals surface area contributed by atoms with Gasteiger partial charge in [-0.05, 0) is 51.1 Å². The lowest BCUT2D eigenvalue weighted by molar-refractivity contribution is -0.0520. The lowest BCUT2D eigenvalue weighted by Crippen LogP contribution is -2.22. The summed E-state index contributed by atoms with van der Waals surface area (Å²) in [6.07, 6.45) is 0.0857. The Morgan fingerprint density at radius 2 is 1.79 bits per heavy atom. The van der Waals surface area contributed by atoms with Crippen molar-refractivity contribution in [2.75, 3.05) is 11.9 Å². The second-order valence-electron chi connectivity index (χ2n) is 6.07. The number of ether oxygens (including phenoxy) is 3. The van der Waals surface area contributed by atoms with Crippen LogP contribution in [0.15, 0.2) is 47.5 Å². The van der Waals surface area contributed by atoms with Gasteiger partial charge in [-0.3, -0.25) is 0 Å². The molecular weight excluding hydrogens is 495 g/mol. The van der Waals surface area contributed by atoms with Crippen molar-refractivity contribution in [2.24, 2.45) is 10.7 Å². The van der Waals surface area contributed by atoms with Crippen molar-refractivity contribution in [1.82, 2.24) is 0 Å². The van der Waals surface area contributed by atoms with Crippen molar-refractivity contribution in [2.45, 2.75) is 40.0 Å². The molecule has 0 aliphatic rings. The summed E-state index contributed by atoms with van der Waals surface area (Å²) in [6, 6.07) is 12.1. The van der Waals surface area contributed by atoms with Crippen LogP contribution in [0.2, 0.25) is 0 Å². The summed E-state index contributed by atoms with van der Waals surface area (Å²) in [7, 11) is 0. The second-order valence-corrected chi connectivity index (χ2v) is 6.07. The molecule has 0 fully saturated rings. The van der Waals surface area contributed by atoms with Crippen LogP contribution in [-0.2, 0) is 6.54 Å². The predicted octanol–water partition coefficient (Wildman–Crippen LogP) is 5.02. The van der Waals surface area contributed by atoms with Gasteiger partial charge in [-0.15, -0.1) is 24.0 Å². The van der Waals surface area contributed by atoms with Crippen molar-refractivity contribution >= 4 is 35.6 Å². The zero-order valence-electron chi connectivity index (χ0n) is 16.5. The zero-order chi connectivity index (χ0) is 20.5. The molecule has 0 unspecified atom stereocenters. The molecule has 2 aromatic rings. The van der Waals surface area contributed by atoms with Crippen LogP contribution in [0.5, 0.6) is 17.2 Å². The average Bonchev–Trinajstić information content (AvgIpc) is 2.63. The number of hydrogen-bond acceptors (Lipinski definition) is 4. The van der Waals surface area contributed by atoms with Crippen LogP contribution in [0, 0.1) is 0 Å². The zero-order valence-corrected chi connectivity index (χ0v) is 18.9.